The second-order valence-corrected chi connectivity index (χ2v) is 12.5. The average molecular weight is 448 g/mol. The molecule has 180 valence electrons. The van der Waals surface area contributed by atoms with E-state index in [0.29, 0.717) is 23.8 Å². The zero-order valence-electron chi connectivity index (χ0n) is 21.1. The molecule has 2 aliphatic heterocycles. The summed E-state index contributed by atoms with van der Waals surface area (Å²) in [6, 6.07) is -0.642. The molecule has 5 unspecified atom stereocenters. The molecule has 2 heterocycles. The second-order valence-electron chi connectivity index (χ2n) is 12.5. The number of rotatable bonds is 4. The molecule has 2 amide bonds. The van der Waals surface area contributed by atoms with Gasteiger partial charge in [0.1, 0.15) is 11.6 Å². The lowest BCUT2D eigenvalue weighted by molar-refractivity contribution is -0.185. The molecule has 0 spiro atoms. The third-order valence-corrected chi connectivity index (χ3v) is 8.33. The highest BCUT2D eigenvalue weighted by atomic mass is 16.7. The summed E-state index contributed by atoms with van der Waals surface area (Å²) in [6.07, 6.45) is 3.53. The van der Waals surface area contributed by atoms with E-state index in [1.165, 1.54) is 6.42 Å². The molecule has 5 fully saturated rings. The summed E-state index contributed by atoms with van der Waals surface area (Å²) < 4.78 is 18.5. The number of nitrogens with zero attached hydrogens (tertiary/aromatic N) is 1. The van der Waals surface area contributed by atoms with Crippen molar-refractivity contribution in [3.05, 3.63) is 0 Å². The molecule has 2 saturated heterocycles. The maximum atomic E-state index is 13.6. The number of nitrogens with one attached hydrogen (secondary N) is 1. The first-order valence-corrected chi connectivity index (χ1v) is 12.4. The van der Waals surface area contributed by atoms with E-state index >= 15 is 0 Å². The largest absolute Gasteiger partial charge is 0.481 e. The van der Waals surface area contributed by atoms with Gasteiger partial charge in [-0.3, -0.25) is 4.79 Å². The maximum Gasteiger partial charge on any atom is 0.481 e. The van der Waals surface area contributed by atoms with Crippen LogP contribution in [0.3, 0.4) is 0 Å². The van der Waals surface area contributed by atoms with Crippen molar-refractivity contribution >= 4 is 19.1 Å². The average Bonchev–Trinajstić information content (AvgIpc) is 3.27. The first kappa shape index (κ1) is 23.9. The predicted molar refractivity (Wildman–Crippen MR) is 123 cm³/mol. The molecular formula is C24H41BN2O5. The summed E-state index contributed by atoms with van der Waals surface area (Å²) >= 11 is 0. The van der Waals surface area contributed by atoms with Crippen LogP contribution in [0.25, 0.3) is 0 Å². The molecule has 3 saturated carbocycles. The van der Waals surface area contributed by atoms with Gasteiger partial charge in [0.15, 0.2) is 0 Å². The number of carbonyl (C=O) groups excluding carboxylic acids is 2. The first-order valence-electron chi connectivity index (χ1n) is 12.4. The quantitative estimate of drug-likeness (QED) is 0.663. The molecule has 0 aromatic rings. The van der Waals surface area contributed by atoms with E-state index in [9.17, 15) is 9.59 Å². The van der Waals surface area contributed by atoms with Crippen LogP contribution in [0.1, 0.15) is 81.1 Å². The molecule has 8 heteroatoms. The molecule has 0 radical (unpaired) electrons. The lowest BCUT2D eigenvalue weighted by Gasteiger charge is -2.63. The maximum absolute atomic E-state index is 13.6. The molecule has 0 aromatic carbocycles. The van der Waals surface area contributed by atoms with Crippen LogP contribution in [0.4, 0.5) is 4.79 Å². The molecule has 0 aromatic heterocycles. The van der Waals surface area contributed by atoms with Gasteiger partial charge in [-0.05, 0) is 76.5 Å². The summed E-state index contributed by atoms with van der Waals surface area (Å²) in [7, 11) is -0.402. The molecule has 2 bridgehead atoms. The summed E-state index contributed by atoms with van der Waals surface area (Å²) in [5.74, 6) is 0.937. The number of amides is 2. The van der Waals surface area contributed by atoms with Crippen molar-refractivity contribution in [2.75, 3.05) is 6.54 Å². The monoisotopic (exact) mass is 448 g/mol. The number of hydrogen-bond acceptors (Lipinski definition) is 5. The van der Waals surface area contributed by atoms with Gasteiger partial charge in [-0.15, -0.1) is 0 Å². The van der Waals surface area contributed by atoms with Crippen LogP contribution in [0.5, 0.6) is 0 Å². The Morgan fingerprint density at radius 1 is 1.22 bits per heavy atom. The first-order chi connectivity index (χ1) is 14.7. The lowest BCUT2D eigenvalue weighted by Crippen LogP contribution is -2.63. The summed E-state index contributed by atoms with van der Waals surface area (Å²) in [6.45, 7) is 16.9. The summed E-state index contributed by atoms with van der Waals surface area (Å²) in [5, 5.41) is 2.81. The molecule has 7 nitrogen and oxygen atoms in total. The Labute approximate surface area is 193 Å². The summed E-state index contributed by atoms with van der Waals surface area (Å²) in [4.78, 5) is 27.8. The van der Waals surface area contributed by atoms with E-state index < -0.39 is 24.9 Å². The van der Waals surface area contributed by atoms with E-state index in [-0.39, 0.29) is 29.5 Å². The Kier molecular flexibility index (Phi) is 5.89. The van der Waals surface area contributed by atoms with Gasteiger partial charge in [0.2, 0.25) is 5.91 Å². The van der Waals surface area contributed by atoms with E-state index in [2.05, 4.69) is 26.1 Å². The Morgan fingerprint density at radius 2 is 1.91 bits per heavy atom. The Morgan fingerprint density at radius 3 is 2.50 bits per heavy atom. The smallest absolute Gasteiger partial charge is 0.444 e. The molecule has 6 atom stereocenters. The van der Waals surface area contributed by atoms with Crippen molar-refractivity contribution in [3.8, 4) is 0 Å². The van der Waals surface area contributed by atoms with Gasteiger partial charge in [0.25, 0.3) is 0 Å². The third-order valence-electron chi connectivity index (χ3n) is 8.33. The zero-order valence-corrected chi connectivity index (χ0v) is 21.1. The highest BCUT2D eigenvalue weighted by molar-refractivity contribution is 6.48. The van der Waals surface area contributed by atoms with Gasteiger partial charge in [-0.2, -0.15) is 0 Å². The van der Waals surface area contributed by atoms with E-state index in [1.54, 1.807) is 0 Å². The van der Waals surface area contributed by atoms with Crippen molar-refractivity contribution in [2.45, 2.75) is 110 Å². The van der Waals surface area contributed by atoms with Crippen LogP contribution in [0.15, 0.2) is 0 Å². The minimum Gasteiger partial charge on any atom is -0.444 e. The lowest BCUT2D eigenvalue weighted by atomic mass is 9.45. The van der Waals surface area contributed by atoms with Crippen molar-refractivity contribution in [2.24, 2.45) is 23.2 Å². The van der Waals surface area contributed by atoms with Crippen molar-refractivity contribution < 1.29 is 23.6 Å². The molecule has 3 aliphatic carbocycles. The molecule has 1 N–H and O–H groups in total. The van der Waals surface area contributed by atoms with Crippen molar-refractivity contribution in [3.63, 3.8) is 0 Å². The molecule has 5 rings (SSSR count). The number of ether oxygens (including phenoxy) is 1. The normalized spacial score (nSPS) is 36.5. The van der Waals surface area contributed by atoms with Gasteiger partial charge in [-0.25, -0.2) is 4.79 Å². The second kappa shape index (κ2) is 7.90. The number of hydrogen-bond donors (Lipinski definition) is 1. The predicted octanol–water partition coefficient (Wildman–Crippen LogP) is 3.79. The van der Waals surface area contributed by atoms with Crippen LogP contribution >= 0.6 is 0 Å². The Bertz CT molecular complexity index is 766. The fraction of sp³-hybridized carbons (Fsp3) is 0.917. The highest BCUT2D eigenvalue weighted by Crippen LogP contribution is 2.64. The minimum atomic E-state index is -0.642. The van der Waals surface area contributed by atoms with Crippen LogP contribution in [-0.4, -0.2) is 59.9 Å². The van der Waals surface area contributed by atoms with Crippen molar-refractivity contribution in [1.29, 1.82) is 0 Å². The van der Waals surface area contributed by atoms with Gasteiger partial charge in [-0.1, -0.05) is 27.7 Å². The number of likely N-dealkylation sites (tertiary alicyclic amines) is 1. The highest BCUT2D eigenvalue weighted by Gasteiger charge is 2.68. The van der Waals surface area contributed by atoms with Gasteiger partial charge in [0.05, 0.1) is 17.6 Å². The van der Waals surface area contributed by atoms with E-state index in [4.69, 9.17) is 14.0 Å². The van der Waals surface area contributed by atoms with Crippen LogP contribution < -0.4 is 5.32 Å². The third kappa shape index (κ3) is 4.06. The standard InChI is InChI=1S/C24H41BN2O5/c1-14(2)18(26-21(29)30-22(3,4)5)20(28)27-11-9-10-17(27)25-31-19-16-12-15(23(16,6)7)13-24(19,8)32-25/h14-19H,9-13H2,1-8H3,(H,26,29)/t15?,16?,17?,18?,19?,24-/m0/s1. The SMILES string of the molecule is CC(C)C(NC(=O)OC(C)(C)C)C(=O)N1CCCC1B1OC2C3CC(C[C@]2(C)O1)C3(C)C. The minimum absolute atomic E-state index is 0.0604. The van der Waals surface area contributed by atoms with Crippen LogP contribution in [0, 0.1) is 23.2 Å². The zero-order chi connectivity index (χ0) is 23.6. The summed E-state index contributed by atoms with van der Waals surface area (Å²) in [5.41, 5.74) is -0.582. The van der Waals surface area contributed by atoms with Crippen LogP contribution in [-0.2, 0) is 18.8 Å². The number of carbonyl (C=O) groups is 2. The van der Waals surface area contributed by atoms with Crippen LogP contribution in [0.2, 0.25) is 0 Å². The van der Waals surface area contributed by atoms with Gasteiger partial charge < -0.3 is 24.3 Å². The van der Waals surface area contributed by atoms with E-state index in [1.807, 2.05) is 39.5 Å². The topological polar surface area (TPSA) is 77.1 Å². The number of alkyl carbamates (subject to hydrolysis) is 1. The fourth-order valence-corrected chi connectivity index (χ4v) is 6.38. The van der Waals surface area contributed by atoms with Gasteiger partial charge >= 0.3 is 13.2 Å². The molecule has 5 aliphatic rings. The van der Waals surface area contributed by atoms with Gasteiger partial charge in [0, 0.05) is 6.54 Å². The Hall–Kier alpha value is -1.28. The molecular weight excluding hydrogens is 407 g/mol. The molecule has 32 heavy (non-hydrogen) atoms. The van der Waals surface area contributed by atoms with E-state index in [0.717, 1.165) is 19.3 Å². The van der Waals surface area contributed by atoms with Crippen molar-refractivity contribution in [1.82, 2.24) is 10.2 Å². The Balaban J connectivity index is 1.46. The fourth-order valence-electron chi connectivity index (χ4n) is 6.38.